The van der Waals surface area contributed by atoms with Gasteiger partial charge in [0.2, 0.25) is 0 Å². The van der Waals surface area contributed by atoms with Gasteiger partial charge in [0.1, 0.15) is 17.6 Å². The lowest BCUT2D eigenvalue weighted by atomic mass is 10.1. The zero-order chi connectivity index (χ0) is 13.1. The van der Waals surface area contributed by atoms with Gasteiger partial charge >= 0.3 is 0 Å². The monoisotopic (exact) mass is 238 g/mol. The highest BCUT2D eigenvalue weighted by molar-refractivity contribution is 5.58. The molecule has 0 amide bonds. The van der Waals surface area contributed by atoms with Crippen LogP contribution in [0.2, 0.25) is 0 Å². The lowest BCUT2D eigenvalue weighted by molar-refractivity contribution is 0.479. The molecule has 0 spiro atoms. The molecule has 0 unspecified atom stereocenters. The van der Waals surface area contributed by atoms with Crippen LogP contribution in [-0.4, -0.2) is 0 Å². The van der Waals surface area contributed by atoms with E-state index in [4.69, 9.17) is 15.7 Å². The summed E-state index contributed by atoms with van der Waals surface area (Å²) < 4.78 is 5.77. The predicted octanol–water partition coefficient (Wildman–Crippen LogP) is 3.55. The molecule has 90 valence electrons. The minimum absolute atomic E-state index is 0.509. The molecule has 3 heteroatoms. The highest BCUT2D eigenvalue weighted by Gasteiger charge is 2.09. The van der Waals surface area contributed by atoms with Crippen LogP contribution in [0.5, 0.6) is 11.5 Å². The van der Waals surface area contributed by atoms with Crippen molar-refractivity contribution in [2.24, 2.45) is 0 Å². The third kappa shape index (κ3) is 2.28. The minimum atomic E-state index is 0.509. The predicted molar refractivity (Wildman–Crippen MR) is 71.6 cm³/mol. The summed E-state index contributed by atoms with van der Waals surface area (Å²) in [4.78, 5) is 0. The Morgan fingerprint density at radius 3 is 2.61 bits per heavy atom. The number of para-hydroxylation sites is 1. The number of hydrogen-bond acceptors (Lipinski definition) is 3. The van der Waals surface area contributed by atoms with Crippen molar-refractivity contribution in [3.05, 3.63) is 53.1 Å². The first-order valence-corrected chi connectivity index (χ1v) is 5.65. The minimum Gasteiger partial charge on any atom is -0.454 e. The molecular weight excluding hydrogens is 224 g/mol. The van der Waals surface area contributed by atoms with E-state index in [1.807, 2.05) is 44.2 Å². The molecule has 2 aromatic rings. The summed E-state index contributed by atoms with van der Waals surface area (Å²) in [6, 6.07) is 13.2. The average molecular weight is 238 g/mol. The van der Waals surface area contributed by atoms with Crippen molar-refractivity contribution >= 4 is 5.69 Å². The second-order valence-corrected chi connectivity index (χ2v) is 4.21. The first kappa shape index (κ1) is 12.0. The van der Waals surface area contributed by atoms with E-state index in [1.165, 1.54) is 0 Å². The largest absolute Gasteiger partial charge is 0.454 e. The van der Waals surface area contributed by atoms with E-state index in [0.717, 1.165) is 11.1 Å². The van der Waals surface area contributed by atoms with Gasteiger partial charge in [0.05, 0.1) is 11.3 Å². The van der Waals surface area contributed by atoms with Crippen molar-refractivity contribution < 1.29 is 4.74 Å². The van der Waals surface area contributed by atoms with E-state index >= 15 is 0 Å². The molecule has 2 aromatic carbocycles. The van der Waals surface area contributed by atoms with Crippen LogP contribution >= 0.6 is 0 Å². The number of nitrogen functional groups attached to an aromatic ring is 1. The van der Waals surface area contributed by atoms with Gasteiger partial charge < -0.3 is 10.5 Å². The second kappa shape index (κ2) is 4.80. The Balaban J connectivity index is 2.43. The van der Waals surface area contributed by atoms with Crippen molar-refractivity contribution in [1.29, 1.82) is 5.26 Å². The van der Waals surface area contributed by atoms with Gasteiger partial charge in [-0.3, -0.25) is 0 Å². The topological polar surface area (TPSA) is 59.0 Å². The Labute approximate surface area is 106 Å². The van der Waals surface area contributed by atoms with Crippen LogP contribution in [0.1, 0.15) is 16.7 Å². The van der Waals surface area contributed by atoms with Gasteiger partial charge in [0.15, 0.2) is 0 Å². The van der Waals surface area contributed by atoms with Gasteiger partial charge in [-0.2, -0.15) is 5.26 Å². The molecule has 0 fully saturated rings. The molecule has 3 nitrogen and oxygen atoms in total. The third-order valence-electron chi connectivity index (χ3n) is 2.71. The number of nitrogens with two attached hydrogens (primary N) is 1. The van der Waals surface area contributed by atoms with Crippen molar-refractivity contribution in [3.63, 3.8) is 0 Å². The Hall–Kier alpha value is -2.47. The van der Waals surface area contributed by atoms with Crippen LogP contribution in [0.3, 0.4) is 0 Å². The fourth-order valence-electron chi connectivity index (χ4n) is 1.75. The highest BCUT2D eigenvalue weighted by atomic mass is 16.5. The number of hydrogen-bond donors (Lipinski definition) is 1. The van der Waals surface area contributed by atoms with Gasteiger partial charge in [0, 0.05) is 0 Å². The first-order chi connectivity index (χ1) is 8.61. The van der Waals surface area contributed by atoms with Crippen molar-refractivity contribution in [2.45, 2.75) is 13.8 Å². The Bertz CT molecular complexity index is 627. The van der Waals surface area contributed by atoms with Crippen LogP contribution < -0.4 is 10.5 Å². The fraction of sp³-hybridized carbons (Fsp3) is 0.133. The average Bonchev–Trinajstić information content (AvgIpc) is 2.34. The highest BCUT2D eigenvalue weighted by Crippen LogP contribution is 2.32. The van der Waals surface area contributed by atoms with Crippen molar-refractivity contribution in [2.75, 3.05) is 5.73 Å². The van der Waals surface area contributed by atoms with Gasteiger partial charge in [-0.05, 0) is 43.2 Å². The molecule has 0 bridgehead atoms. The molecule has 0 heterocycles. The number of nitrogens with zero attached hydrogens (tertiary/aromatic N) is 1. The van der Waals surface area contributed by atoms with E-state index in [9.17, 15) is 0 Å². The lowest BCUT2D eigenvalue weighted by Crippen LogP contribution is -1.96. The Kier molecular flexibility index (Phi) is 3.20. The number of anilines is 1. The molecule has 0 aliphatic rings. The maximum Gasteiger partial charge on any atom is 0.150 e. The molecular formula is C15H14N2O. The second-order valence-electron chi connectivity index (χ2n) is 4.21. The van der Waals surface area contributed by atoms with Crippen LogP contribution in [0.4, 0.5) is 5.69 Å². The summed E-state index contributed by atoms with van der Waals surface area (Å²) in [6.07, 6.45) is 0. The Morgan fingerprint density at radius 1 is 1.17 bits per heavy atom. The van der Waals surface area contributed by atoms with Gasteiger partial charge in [0.25, 0.3) is 0 Å². The van der Waals surface area contributed by atoms with Crippen LogP contribution in [0.25, 0.3) is 0 Å². The third-order valence-corrected chi connectivity index (χ3v) is 2.71. The molecule has 2 rings (SSSR count). The molecule has 0 atom stereocenters. The maximum atomic E-state index is 9.07. The van der Waals surface area contributed by atoms with Crippen LogP contribution in [0.15, 0.2) is 36.4 Å². The van der Waals surface area contributed by atoms with E-state index in [2.05, 4.69) is 6.07 Å². The van der Waals surface area contributed by atoms with Crippen LogP contribution in [0, 0.1) is 25.2 Å². The summed E-state index contributed by atoms with van der Waals surface area (Å²) in [5.41, 5.74) is 8.97. The number of benzene rings is 2. The van der Waals surface area contributed by atoms with Crippen LogP contribution in [-0.2, 0) is 0 Å². The van der Waals surface area contributed by atoms with Gasteiger partial charge in [-0.1, -0.05) is 18.2 Å². The van der Waals surface area contributed by atoms with E-state index in [0.29, 0.717) is 22.7 Å². The van der Waals surface area contributed by atoms with Crippen molar-refractivity contribution in [3.8, 4) is 17.6 Å². The molecule has 18 heavy (non-hydrogen) atoms. The quantitative estimate of drug-likeness (QED) is 0.814. The summed E-state index contributed by atoms with van der Waals surface area (Å²) >= 11 is 0. The van der Waals surface area contributed by atoms with E-state index in [-0.39, 0.29) is 0 Å². The normalized spacial score (nSPS) is 9.83. The van der Waals surface area contributed by atoms with E-state index < -0.39 is 0 Å². The molecule has 0 saturated heterocycles. The molecule has 0 aliphatic carbocycles. The summed E-state index contributed by atoms with van der Waals surface area (Å²) in [5, 5.41) is 9.07. The zero-order valence-electron chi connectivity index (χ0n) is 10.4. The molecule has 0 aromatic heterocycles. The fourth-order valence-corrected chi connectivity index (χ4v) is 1.75. The summed E-state index contributed by atoms with van der Waals surface area (Å²) in [6.45, 7) is 3.87. The van der Waals surface area contributed by atoms with Crippen molar-refractivity contribution in [1.82, 2.24) is 0 Å². The molecule has 0 radical (unpaired) electrons. The first-order valence-electron chi connectivity index (χ1n) is 5.65. The zero-order valence-corrected chi connectivity index (χ0v) is 10.4. The van der Waals surface area contributed by atoms with Gasteiger partial charge in [-0.25, -0.2) is 0 Å². The Morgan fingerprint density at radius 2 is 1.94 bits per heavy atom. The number of rotatable bonds is 2. The smallest absolute Gasteiger partial charge is 0.150 e. The molecule has 0 saturated carbocycles. The lowest BCUT2D eigenvalue weighted by Gasteiger charge is -2.12. The van der Waals surface area contributed by atoms with Gasteiger partial charge in [-0.15, -0.1) is 0 Å². The number of aryl methyl sites for hydroxylation is 2. The molecule has 0 aliphatic heterocycles. The molecule has 2 N–H and O–H groups in total. The standard InChI is InChI=1S/C15H14N2O/c1-10-6-7-14(13(17)8-10)18-15-11(2)4-3-5-12(15)9-16/h3-8H,17H2,1-2H3. The summed E-state index contributed by atoms with van der Waals surface area (Å²) in [5.74, 6) is 1.14. The number of nitriles is 1. The maximum absolute atomic E-state index is 9.07. The SMILES string of the molecule is Cc1ccc(Oc2c(C)cccc2C#N)c(N)c1. The van der Waals surface area contributed by atoms with E-state index in [1.54, 1.807) is 6.07 Å². The number of ether oxygens (including phenoxy) is 1. The summed E-state index contributed by atoms with van der Waals surface area (Å²) in [7, 11) is 0.